The summed E-state index contributed by atoms with van der Waals surface area (Å²) in [7, 11) is 0. The Kier molecular flexibility index (Phi) is 3.18. The molecule has 1 aliphatic rings. The summed E-state index contributed by atoms with van der Waals surface area (Å²) in [5, 5.41) is 6.07. The van der Waals surface area contributed by atoms with Crippen LogP contribution in [0.1, 0.15) is 23.3 Å². The Morgan fingerprint density at radius 1 is 1.44 bits per heavy atom. The molecule has 3 N–H and O–H groups in total. The molecule has 2 rings (SSSR count). The largest absolute Gasteiger partial charge is 0.391 e. The second-order valence-electron chi connectivity index (χ2n) is 4.31. The minimum Gasteiger partial charge on any atom is -0.382 e. The predicted molar refractivity (Wildman–Crippen MR) is 57.7 cm³/mol. The van der Waals surface area contributed by atoms with Crippen molar-refractivity contribution in [3.63, 3.8) is 0 Å². The molecule has 0 aromatic carbocycles. The number of piperidine rings is 1. The van der Waals surface area contributed by atoms with Gasteiger partial charge in [0.25, 0.3) is 5.91 Å². The van der Waals surface area contributed by atoms with Gasteiger partial charge in [-0.2, -0.15) is 18.3 Å². The topological polar surface area (TPSA) is 75.0 Å². The molecule has 0 spiro atoms. The van der Waals surface area contributed by atoms with Gasteiger partial charge in [0.2, 0.25) is 0 Å². The number of H-pyrrole nitrogens is 1. The SMILES string of the molecule is Nc1cc(C(=O)N2CCC(C(F)(F)F)CC2)[nH]n1. The number of halogens is 3. The van der Waals surface area contributed by atoms with E-state index in [4.69, 9.17) is 5.73 Å². The molecule has 1 fully saturated rings. The highest BCUT2D eigenvalue weighted by atomic mass is 19.4. The van der Waals surface area contributed by atoms with Crippen LogP contribution in [-0.4, -0.2) is 40.3 Å². The number of nitrogens with zero attached hydrogens (tertiary/aromatic N) is 2. The maximum atomic E-state index is 12.5. The van der Waals surface area contributed by atoms with Crippen LogP contribution < -0.4 is 5.73 Å². The van der Waals surface area contributed by atoms with Gasteiger partial charge in [-0.15, -0.1) is 0 Å². The Hall–Kier alpha value is -1.73. The zero-order valence-corrected chi connectivity index (χ0v) is 9.50. The Bertz CT molecular complexity index is 435. The van der Waals surface area contributed by atoms with Gasteiger partial charge >= 0.3 is 6.18 Å². The molecule has 18 heavy (non-hydrogen) atoms. The van der Waals surface area contributed by atoms with Gasteiger partial charge in [-0.1, -0.05) is 0 Å². The number of hydrogen-bond donors (Lipinski definition) is 2. The smallest absolute Gasteiger partial charge is 0.382 e. The first-order valence-corrected chi connectivity index (χ1v) is 5.55. The van der Waals surface area contributed by atoms with E-state index in [9.17, 15) is 18.0 Å². The fourth-order valence-corrected chi connectivity index (χ4v) is 2.03. The molecule has 2 heterocycles. The normalized spacial score (nSPS) is 18.1. The van der Waals surface area contributed by atoms with Crippen LogP contribution in [0.2, 0.25) is 0 Å². The lowest BCUT2D eigenvalue weighted by Crippen LogP contribution is -2.42. The number of aromatic amines is 1. The maximum Gasteiger partial charge on any atom is 0.391 e. The molecule has 0 saturated carbocycles. The van der Waals surface area contributed by atoms with Crippen molar-refractivity contribution in [2.45, 2.75) is 19.0 Å². The summed E-state index contributed by atoms with van der Waals surface area (Å²) in [5.41, 5.74) is 5.57. The van der Waals surface area contributed by atoms with Crippen molar-refractivity contribution in [2.75, 3.05) is 18.8 Å². The lowest BCUT2D eigenvalue weighted by Gasteiger charge is -2.32. The van der Waals surface area contributed by atoms with Crippen LogP contribution >= 0.6 is 0 Å². The van der Waals surface area contributed by atoms with E-state index in [-0.39, 0.29) is 43.4 Å². The Balaban J connectivity index is 1.96. The molecule has 1 aromatic rings. The molecule has 5 nitrogen and oxygen atoms in total. The van der Waals surface area contributed by atoms with Crippen LogP contribution in [0, 0.1) is 5.92 Å². The number of nitrogens with one attached hydrogen (secondary N) is 1. The van der Waals surface area contributed by atoms with E-state index >= 15 is 0 Å². The summed E-state index contributed by atoms with van der Waals surface area (Å²) in [6.07, 6.45) is -4.29. The van der Waals surface area contributed by atoms with Crippen molar-refractivity contribution in [1.82, 2.24) is 15.1 Å². The van der Waals surface area contributed by atoms with Gasteiger partial charge < -0.3 is 10.6 Å². The van der Waals surface area contributed by atoms with Crippen LogP contribution in [-0.2, 0) is 0 Å². The molecule has 1 aliphatic heterocycles. The molecular formula is C10H13F3N4O. The van der Waals surface area contributed by atoms with Crippen molar-refractivity contribution < 1.29 is 18.0 Å². The number of carbonyl (C=O) groups is 1. The molecule has 0 radical (unpaired) electrons. The van der Waals surface area contributed by atoms with Crippen LogP contribution in [0.25, 0.3) is 0 Å². The molecule has 8 heteroatoms. The molecular weight excluding hydrogens is 249 g/mol. The minimum absolute atomic E-state index is 0.0567. The van der Waals surface area contributed by atoms with Crippen molar-refractivity contribution in [1.29, 1.82) is 0 Å². The van der Waals surface area contributed by atoms with E-state index in [0.717, 1.165) is 0 Å². The second-order valence-corrected chi connectivity index (χ2v) is 4.31. The van der Waals surface area contributed by atoms with E-state index in [1.165, 1.54) is 11.0 Å². The van der Waals surface area contributed by atoms with E-state index in [1.54, 1.807) is 0 Å². The molecule has 1 saturated heterocycles. The minimum atomic E-state index is -4.17. The van der Waals surface area contributed by atoms with Crippen LogP contribution in [0.4, 0.5) is 19.0 Å². The van der Waals surface area contributed by atoms with Gasteiger partial charge in [0.15, 0.2) is 0 Å². The van der Waals surface area contributed by atoms with E-state index in [2.05, 4.69) is 10.2 Å². The lowest BCUT2D eigenvalue weighted by molar-refractivity contribution is -0.183. The summed E-state index contributed by atoms with van der Waals surface area (Å²) >= 11 is 0. The maximum absolute atomic E-state index is 12.5. The lowest BCUT2D eigenvalue weighted by atomic mass is 9.96. The van der Waals surface area contributed by atoms with Gasteiger partial charge in [-0.05, 0) is 12.8 Å². The summed E-state index contributed by atoms with van der Waals surface area (Å²) in [6.45, 7) is 0.198. The van der Waals surface area contributed by atoms with Crippen molar-refractivity contribution >= 4 is 11.7 Å². The highest BCUT2D eigenvalue weighted by Gasteiger charge is 2.41. The third-order valence-electron chi connectivity index (χ3n) is 3.07. The first-order valence-electron chi connectivity index (χ1n) is 5.55. The van der Waals surface area contributed by atoms with Crippen LogP contribution in [0.5, 0.6) is 0 Å². The number of nitrogens with two attached hydrogens (primary N) is 1. The number of nitrogen functional groups attached to an aromatic ring is 1. The Morgan fingerprint density at radius 3 is 2.50 bits per heavy atom. The van der Waals surface area contributed by atoms with Gasteiger partial charge in [-0.3, -0.25) is 9.89 Å². The molecule has 1 amide bonds. The second kappa shape index (κ2) is 4.51. The van der Waals surface area contributed by atoms with Crippen molar-refractivity contribution in [3.05, 3.63) is 11.8 Å². The van der Waals surface area contributed by atoms with Crippen molar-refractivity contribution in [3.8, 4) is 0 Å². The van der Waals surface area contributed by atoms with Crippen LogP contribution in [0.3, 0.4) is 0 Å². The average molecular weight is 262 g/mol. The first kappa shape index (κ1) is 12.7. The van der Waals surface area contributed by atoms with Gasteiger partial charge in [0, 0.05) is 19.2 Å². The van der Waals surface area contributed by atoms with Gasteiger partial charge in [0.05, 0.1) is 5.92 Å². The number of rotatable bonds is 1. The summed E-state index contributed by atoms with van der Waals surface area (Å²) < 4.78 is 37.4. The number of amides is 1. The van der Waals surface area contributed by atoms with Gasteiger partial charge in [0.1, 0.15) is 11.5 Å². The van der Waals surface area contributed by atoms with Crippen molar-refractivity contribution in [2.24, 2.45) is 5.92 Å². The molecule has 1 aromatic heterocycles. The van der Waals surface area contributed by atoms with Gasteiger partial charge in [-0.25, -0.2) is 0 Å². The monoisotopic (exact) mass is 262 g/mol. The van der Waals surface area contributed by atoms with Crippen LogP contribution in [0.15, 0.2) is 6.07 Å². The quantitative estimate of drug-likeness (QED) is 0.803. The average Bonchev–Trinajstić information content (AvgIpc) is 2.74. The molecule has 0 bridgehead atoms. The number of alkyl halides is 3. The third-order valence-corrected chi connectivity index (χ3v) is 3.07. The zero-order valence-electron chi connectivity index (χ0n) is 9.50. The number of aromatic nitrogens is 2. The fraction of sp³-hybridized carbons (Fsp3) is 0.600. The summed E-state index contributed by atoms with van der Waals surface area (Å²) in [6, 6.07) is 1.37. The fourth-order valence-electron chi connectivity index (χ4n) is 2.03. The Labute approximate surface area is 101 Å². The summed E-state index contributed by atoms with van der Waals surface area (Å²) in [5.74, 6) is -1.49. The van der Waals surface area contributed by atoms with E-state index in [1.807, 2.05) is 0 Å². The molecule has 100 valence electrons. The van der Waals surface area contributed by atoms with E-state index in [0.29, 0.717) is 0 Å². The number of hydrogen-bond acceptors (Lipinski definition) is 3. The Morgan fingerprint density at radius 2 is 2.06 bits per heavy atom. The highest BCUT2D eigenvalue weighted by Crippen LogP contribution is 2.34. The molecule has 0 atom stereocenters. The standard InChI is InChI=1S/C10H13F3N4O/c11-10(12,13)6-1-3-17(4-2-6)9(18)7-5-8(14)16-15-7/h5-6H,1-4H2,(H3,14,15,16). The number of likely N-dealkylation sites (tertiary alicyclic amines) is 1. The summed E-state index contributed by atoms with van der Waals surface area (Å²) in [4.78, 5) is 13.3. The highest BCUT2D eigenvalue weighted by molar-refractivity contribution is 5.93. The molecule has 0 unspecified atom stereocenters. The van der Waals surface area contributed by atoms with E-state index < -0.39 is 12.1 Å². The predicted octanol–water partition coefficient (Wildman–Crippen LogP) is 1.41. The number of anilines is 1. The number of carbonyl (C=O) groups excluding carboxylic acids is 1. The first-order chi connectivity index (χ1) is 8.38. The molecule has 0 aliphatic carbocycles. The third kappa shape index (κ3) is 2.57. The zero-order chi connectivity index (χ0) is 13.3.